The van der Waals surface area contributed by atoms with Gasteiger partial charge in [-0.25, -0.2) is 0 Å². The SMILES string of the molecule is Cc1ccc(N)cc1NC(=O)C(C)N1CC(C)CC(C)C1. The van der Waals surface area contributed by atoms with Crippen LogP contribution in [0.15, 0.2) is 18.2 Å². The molecular formula is C17H27N3O. The summed E-state index contributed by atoms with van der Waals surface area (Å²) >= 11 is 0. The largest absolute Gasteiger partial charge is 0.399 e. The van der Waals surface area contributed by atoms with Gasteiger partial charge >= 0.3 is 0 Å². The van der Waals surface area contributed by atoms with Crippen LogP contribution in [-0.2, 0) is 4.79 Å². The molecule has 1 aromatic carbocycles. The number of carbonyl (C=O) groups is 1. The van der Waals surface area contributed by atoms with Crippen LogP contribution in [0.3, 0.4) is 0 Å². The second kappa shape index (κ2) is 6.48. The zero-order valence-corrected chi connectivity index (χ0v) is 13.5. The number of hydrogen-bond acceptors (Lipinski definition) is 3. The van der Waals surface area contributed by atoms with E-state index < -0.39 is 0 Å². The summed E-state index contributed by atoms with van der Waals surface area (Å²) in [5.41, 5.74) is 8.31. The van der Waals surface area contributed by atoms with Crippen LogP contribution in [0, 0.1) is 18.8 Å². The van der Waals surface area contributed by atoms with E-state index in [4.69, 9.17) is 5.73 Å². The number of piperidine rings is 1. The van der Waals surface area contributed by atoms with Crippen molar-refractivity contribution in [1.29, 1.82) is 0 Å². The summed E-state index contributed by atoms with van der Waals surface area (Å²) in [6.45, 7) is 10.5. The number of nitrogen functional groups attached to an aromatic ring is 1. The highest BCUT2D eigenvalue weighted by Gasteiger charge is 2.28. The van der Waals surface area contributed by atoms with Gasteiger partial charge in [0.1, 0.15) is 0 Å². The van der Waals surface area contributed by atoms with Crippen molar-refractivity contribution in [3.63, 3.8) is 0 Å². The first-order valence-corrected chi connectivity index (χ1v) is 7.78. The molecule has 1 aliphatic rings. The monoisotopic (exact) mass is 289 g/mol. The van der Waals surface area contributed by atoms with E-state index >= 15 is 0 Å². The van der Waals surface area contributed by atoms with Gasteiger partial charge < -0.3 is 11.1 Å². The molecule has 0 aromatic heterocycles. The first-order chi connectivity index (χ1) is 9.86. The van der Waals surface area contributed by atoms with E-state index in [1.54, 1.807) is 0 Å². The molecule has 1 heterocycles. The fourth-order valence-corrected chi connectivity index (χ4v) is 3.20. The van der Waals surface area contributed by atoms with Crippen LogP contribution in [0.5, 0.6) is 0 Å². The topological polar surface area (TPSA) is 58.4 Å². The Morgan fingerprint density at radius 3 is 2.57 bits per heavy atom. The van der Waals surface area contributed by atoms with Crippen LogP contribution in [0.1, 0.15) is 32.8 Å². The van der Waals surface area contributed by atoms with E-state index in [9.17, 15) is 4.79 Å². The van der Waals surface area contributed by atoms with Crippen molar-refractivity contribution in [1.82, 2.24) is 4.90 Å². The molecule has 1 amide bonds. The lowest BCUT2D eigenvalue weighted by Gasteiger charge is -2.38. The molecule has 0 spiro atoms. The molecule has 4 nitrogen and oxygen atoms in total. The Morgan fingerprint density at radius 2 is 1.95 bits per heavy atom. The number of nitrogens with one attached hydrogen (secondary N) is 1. The molecule has 1 aromatic rings. The Bertz CT molecular complexity index is 505. The van der Waals surface area contributed by atoms with Crippen molar-refractivity contribution in [2.75, 3.05) is 24.1 Å². The van der Waals surface area contributed by atoms with Gasteiger partial charge in [0, 0.05) is 24.5 Å². The van der Waals surface area contributed by atoms with Gasteiger partial charge in [0.05, 0.1) is 6.04 Å². The third kappa shape index (κ3) is 3.97. The van der Waals surface area contributed by atoms with Crippen LogP contribution in [0.25, 0.3) is 0 Å². The molecular weight excluding hydrogens is 262 g/mol. The molecule has 1 fully saturated rings. The third-order valence-electron chi connectivity index (χ3n) is 4.34. The second-order valence-electron chi connectivity index (χ2n) is 6.64. The van der Waals surface area contributed by atoms with Gasteiger partial charge in [-0.15, -0.1) is 0 Å². The molecule has 0 radical (unpaired) electrons. The lowest BCUT2D eigenvalue weighted by Crippen LogP contribution is -2.48. The molecule has 1 aliphatic heterocycles. The number of nitrogens with zero attached hydrogens (tertiary/aromatic N) is 1. The molecule has 4 heteroatoms. The predicted octanol–water partition coefficient (Wildman–Crippen LogP) is 2.88. The fraction of sp³-hybridized carbons (Fsp3) is 0.588. The summed E-state index contributed by atoms with van der Waals surface area (Å²) in [4.78, 5) is 14.8. The lowest BCUT2D eigenvalue weighted by molar-refractivity contribution is -0.121. The van der Waals surface area contributed by atoms with E-state index in [0.717, 1.165) is 24.3 Å². The maximum absolute atomic E-state index is 12.5. The summed E-state index contributed by atoms with van der Waals surface area (Å²) in [6.07, 6.45) is 1.25. The molecule has 21 heavy (non-hydrogen) atoms. The highest BCUT2D eigenvalue weighted by atomic mass is 16.2. The Morgan fingerprint density at radius 1 is 1.33 bits per heavy atom. The molecule has 3 N–H and O–H groups in total. The smallest absolute Gasteiger partial charge is 0.241 e. The van der Waals surface area contributed by atoms with Crippen molar-refractivity contribution in [3.8, 4) is 0 Å². The minimum atomic E-state index is -0.115. The minimum Gasteiger partial charge on any atom is -0.399 e. The van der Waals surface area contributed by atoms with E-state index in [1.807, 2.05) is 32.0 Å². The van der Waals surface area contributed by atoms with Gasteiger partial charge in [-0.2, -0.15) is 0 Å². The Kier molecular flexibility index (Phi) is 4.88. The normalized spacial score (nSPS) is 24.6. The first kappa shape index (κ1) is 15.8. The summed E-state index contributed by atoms with van der Waals surface area (Å²) < 4.78 is 0. The van der Waals surface area contributed by atoms with Crippen molar-refractivity contribution in [2.24, 2.45) is 11.8 Å². The zero-order valence-electron chi connectivity index (χ0n) is 13.5. The number of rotatable bonds is 3. The average molecular weight is 289 g/mol. The number of carbonyl (C=O) groups excluding carboxylic acids is 1. The highest BCUT2D eigenvalue weighted by molar-refractivity contribution is 5.95. The number of aryl methyl sites for hydroxylation is 1. The summed E-state index contributed by atoms with van der Waals surface area (Å²) in [5.74, 6) is 1.35. The number of likely N-dealkylation sites (tertiary alicyclic amines) is 1. The Labute approximate surface area is 127 Å². The number of hydrogen-bond donors (Lipinski definition) is 2. The van der Waals surface area contributed by atoms with Gasteiger partial charge in [0.15, 0.2) is 0 Å². The first-order valence-electron chi connectivity index (χ1n) is 7.78. The number of benzene rings is 1. The molecule has 0 saturated carbocycles. The van der Waals surface area contributed by atoms with Crippen LogP contribution >= 0.6 is 0 Å². The average Bonchev–Trinajstić information content (AvgIpc) is 2.41. The van der Waals surface area contributed by atoms with Crippen LogP contribution < -0.4 is 11.1 Å². The van der Waals surface area contributed by atoms with Crippen LogP contribution in [0.2, 0.25) is 0 Å². The molecule has 1 saturated heterocycles. The van der Waals surface area contributed by atoms with Crippen molar-refractivity contribution in [3.05, 3.63) is 23.8 Å². The van der Waals surface area contributed by atoms with E-state index in [0.29, 0.717) is 17.5 Å². The maximum Gasteiger partial charge on any atom is 0.241 e. The Hall–Kier alpha value is -1.55. The highest BCUT2D eigenvalue weighted by Crippen LogP contribution is 2.24. The zero-order chi connectivity index (χ0) is 15.6. The molecule has 116 valence electrons. The van der Waals surface area contributed by atoms with E-state index in [2.05, 4.69) is 24.1 Å². The molecule has 3 unspecified atom stereocenters. The molecule has 0 aliphatic carbocycles. The fourth-order valence-electron chi connectivity index (χ4n) is 3.20. The standard InChI is InChI=1S/C17H27N3O/c1-11-7-12(2)10-20(9-11)14(4)17(21)19-16-8-15(18)6-5-13(16)3/h5-6,8,11-12,14H,7,9-10,18H2,1-4H3,(H,19,21). The van der Waals surface area contributed by atoms with Crippen molar-refractivity contribution >= 4 is 17.3 Å². The third-order valence-corrected chi connectivity index (χ3v) is 4.34. The van der Waals surface area contributed by atoms with Crippen LogP contribution in [-0.4, -0.2) is 29.9 Å². The summed E-state index contributed by atoms with van der Waals surface area (Å²) in [6, 6.07) is 5.49. The lowest BCUT2D eigenvalue weighted by atomic mass is 9.91. The second-order valence-corrected chi connectivity index (χ2v) is 6.64. The number of nitrogens with two attached hydrogens (primary N) is 1. The van der Waals surface area contributed by atoms with Gasteiger partial charge in [-0.1, -0.05) is 19.9 Å². The van der Waals surface area contributed by atoms with Gasteiger partial charge in [-0.3, -0.25) is 9.69 Å². The molecule has 3 atom stereocenters. The summed E-state index contributed by atoms with van der Waals surface area (Å²) in [7, 11) is 0. The Balaban J connectivity index is 2.04. The van der Waals surface area contributed by atoms with Crippen LogP contribution in [0.4, 0.5) is 11.4 Å². The predicted molar refractivity (Wildman–Crippen MR) is 88.2 cm³/mol. The minimum absolute atomic E-state index is 0.0463. The van der Waals surface area contributed by atoms with Gasteiger partial charge in [0.2, 0.25) is 5.91 Å². The van der Waals surface area contributed by atoms with Crippen molar-refractivity contribution < 1.29 is 4.79 Å². The summed E-state index contributed by atoms with van der Waals surface area (Å²) in [5, 5.41) is 3.02. The van der Waals surface area contributed by atoms with E-state index in [1.165, 1.54) is 6.42 Å². The number of amides is 1. The molecule has 2 rings (SSSR count). The van der Waals surface area contributed by atoms with Gasteiger partial charge in [-0.05, 0) is 49.8 Å². The van der Waals surface area contributed by atoms with Crippen molar-refractivity contribution in [2.45, 2.75) is 40.2 Å². The number of anilines is 2. The quantitative estimate of drug-likeness (QED) is 0.841. The van der Waals surface area contributed by atoms with E-state index in [-0.39, 0.29) is 11.9 Å². The maximum atomic E-state index is 12.5. The molecule has 0 bridgehead atoms. The van der Waals surface area contributed by atoms with Gasteiger partial charge in [0.25, 0.3) is 0 Å².